The number of fused-ring (bicyclic) bond motifs is 1. The molecule has 0 amide bonds. The lowest BCUT2D eigenvalue weighted by molar-refractivity contribution is 1.12. The van der Waals surface area contributed by atoms with E-state index in [1.165, 1.54) is 0 Å². The van der Waals surface area contributed by atoms with Crippen LogP contribution in [-0.4, -0.2) is 28.0 Å². The van der Waals surface area contributed by atoms with Gasteiger partial charge in [-0.15, -0.1) is 6.58 Å². The van der Waals surface area contributed by atoms with Crippen LogP contribution in [0, 0.1) is 6.92 Å². The summed E-state index contributed by atoms with van der Waals surface area (Å²) < 4.78 is 0. The highest BCUT2D eigenvalue weighted by Gasteiger charge is 2.03. The quantitative estimate of drug-likeness (QED) is 0.638. The van der Waals surface area contributed by atoms with Crippen LogP contribution < -0.4 is 5.32 Å². The Balaban J connectivity index is 2.03. The number of benzene rings is 1. The molecule has 0 unspecified atom stereocenters. The number of anilines is 1. The third-order valence-corrected chi connectivity index (χ3v) is 3.48. The molecule has 1 heterocycles. The van der Waals surface area contributed by atoms with E-state index >= 15 is 0 Å². The lowest BCUT2D eigenvalue weighted by Gasteiger charge is -2.08. The van der Waals surface area contributed by atoms with Crippen molar-refractivity contribution in [2.75, 3.05) is 23.4 Å². The van der Waals surface area contributed by atoms with Gasteiger partial charge in [-0.2, -0.15) is 11.8 Å². The average Bonchev–Trinajstić information content (AvgIpc) is 2.39. The molecule has 1 aromatic heterocycles. The van der Waals surface area contributed by atoms with E-state index in [1.807, 2.05) is 49.0 Å². The van der Waals surface area contributed by atoms with E-state index in [0.717, 1.165) is 40.6 Å². The molecule has 0 aliphatic carbocycles. The summed E-state index contributed by atoms with van der Waals surface area (Å²) >= 11 is 1.85. The average molecular weight is 259 g/mol. The van der Waals surface area contributed by atoms with E-state index in [0.29, 0.717) is 0 Å². The minimum absolute atomic E-state index is 0.882. The topological polar surface area (TPSA) is 37.8 Å². The number of rotatable bonds is 6. The highest BCUT2D eigenvalue weighted by atomic mass is 32.2. The van der Waals surface area contributed by atoms with Gasteiger partial charge in [-0.25, -0.2) is 9.97 Å². The third kappa shape index (κ3) is 3.23. The van der Waals surface area contributed by atoms with Crippen LogP contribution in [0.4, 0.5) is 5.82 Å². The number of aryl methyl sites for hydroxylation is 1. The highest BCUT2D eigenvalue weighted by molar-refractivity contribution is 7.99. The maximum atomic E-state index is 4.59. The van der Waals surface area contributed by atoms with Gasteiger partial charge >= 0.3 is 0 Å². The molecule has 0 saturated heterocycles. The van der Waals surface area contributed by atoms with Crippen LogP contribution in [0.25, 0.3) is 11.0 Å². The minimum Gasteiger partial charge on any atom is -0.368 e. The van der Waals surface area contributed by atoms with Crippen molar-refractivity contribution >= 4 is 28.6 Å². The van der Waals surface area contributed by atoms with Gasteiger partial charge < -0.3 is 5.32 Å². The van der Waals surface area contributed by atoms with Gasteiger partial charge in [0.15, 0.2) is 0 Å². The number of para-hydroxylation sites is 2. The number of nitrogens with one attached hydrogen (secondary N) is 1. The summed E-state index contributed by atoms with van der Waals surface area (Å²) in [5, 5.41) is 3.34. The van der Waals surface area contributed by atoms with E-state index in [-0.39, 0.29) is 0 Å². The first-order valence-electron chi connectivity index (χ1n) is 5.97. The molecular formula is C14H17N3S. The predicted molar refractivity (Wildman–Crippen MR) is 80.3 cm³/mol. The van der Waals surface area contributed by atoms with Gasteiger partial charge in [0.1, 0.15) is 5.82 Å². The van der Waals surface area contributed by atoms with Crippen LogP contribution in [0.3, 0.4) is 0 Å². The number of hydrogen-bond donors (Lipinski definition) is 1. The van der Waals surface area contributed by atoms with E-state index in [1.54, 1.807) is 0 Å². The zero-order chi connectivity index (χ0) is 12.8. The van der Waals surface area contributed by atoms with E-state index < -0.39 is 0 Å². The number of nitrogens with zero attached hydrogens (tertiary/aromatic N) is 2. The van der Waals surface area contributed by atoms with Crippen molar-refractivity contribution in [3.63, 3.8) is 0 Å². The Morgan fingerprint density at radius 2 is 2.00 bits per heavy atom. The molecule has 2 aromatic rings. The minimum atomic E-state index is 0.882. The van der Waals surface area contributed by atoms with E-state index in [4.69, 9.17) is 0 Å². The molecule has 3 nitrogen and oxygen atoms in total. The summed E-state index contributed by atoms with van der Waals surface area (Å²) in [5.74, 6) is 2.91. The Morgan fingerprint density at radius 3 is 2.72 bits per heavy atom. The normalized spacial score (nSPS) is 10.5. The number of thioether (sulfide) groups is 1. The fourth-order valence-corrected chi connectivity index (χ4v) is 2.24. The first-order chi connectivity index (χ1) is 8.81. The lowest BCUT2D eigenvalue weighted by Crippen LogP contribution is -2.08. The molecule has 0 aliphatic heterocycles. The van der Waals surface area contributed by atoms with Gasteiger partial charge in [0.2, 0.25) is 0 Å². The summed E-state index contributed by atoms with van der Waals surface area (Å²) in [6.07, 6.45) is 1.92. The molecule has 1 aromatic carbocycles. The van der Waals surface area contributed by atoms with Crippen molar-refractivity contribution in [1.82, 2.24) is 9.97 Å². The van der Waals surface area contributed by atoms with Crippen LogP contribution in [0.1, 0.15) is 5.69 Å². The smallest absolute Gasteiger partial charge is 0.148 e. The van der Waals surface area contributed by atoms with Gasteiger partial charge in [0.05, 0.1) is 16.7 Å². The zero-order valence-corrected chi connectivity index (χ0v) is 11.3. The number of aromatic nitrogens is 2. The molecule has 0 spiro atoms. The van der Waals surface area contributed by atoms with Crippen LogP contribution >= 0.6 is 11.8 Å². The van der Waals surface area contributed by atoms with Gasteiger partial charge in [0, 0.05) is 18.1 Å². The summed E-state index contributed by atoms with van der Waals surface area (Å²) in [4.78, 5) is 9.13. The Bertz CT molecular complexity index is 540. The van der Waals surface area contributed by atoms with Crippen molar-refractivity contribution in [1.29, 1.82) is 0 Å². The van der Waals surface area contributed by atoms with Gasteiger partial charge in [-0.1, -0.05) is 18.2 Å². The Hall–Kier alpha value is -1.55. The van der Waals surface area contributed by atoms with E-state index in [2.05, 4.69) is 21.9 Å². The summed E-state index contributed by atoms with van der Waals surface area (Å²) in [5.41, 5.74) is 2.83. The second-order valence-electron chi connectivity index (χ2n) is 3.94. The molecule has 0 bridgehead atoms. The Labute approximate surface area is 112 Å². The van der Waals surface area contributed by atoms with Gasteiger partial charge in [0.25, 0.3) is 0 Å². The molecular weight excluding hydrogens is 242 g/mol. The molecule has 94 valence electrons. The maximum Gasteiger partial charge on any atom is 0.148 e. The van der Waals surface area contributed by atoms with Crippen molar-refractivity contribution < 1.29 is 0 Å². The summed E-state index contributed by atoms with van der Waals surface area (Å²) in [6.45, 7) is 6.58. The van der Waals surface area contributed by atoms with Crippen molar-refractivity contribution in [3.05, 3.63) is 42.6 Å². The lowest BCUT2D eigenvalue weighted by atomic mass is 10.3. The SMILES string of the molecule is C=CCSCCNc1nc2ccccc2nc1C. The molecule has 0 fully saturated rings. The maximum absolute atomic E-state index is 4.59. The molecule has 0 aliphatic rings. The van der Waals surface area contributed by atoms with Crippen LogP contribution in [0.5, 0.6) is 0 Å². The molecule has 0 atom stereocenters. The highest BCUT2D eigenvalue weighted by Crippen LogP contribution is 2.15. The second kappa shape index (κ2) is 6.40. The van der Waals surface area contributed by atoms with E-state index in [9.17, 15) is 0 Å². The fraction of sp³-hybridized carbons (Fsp3) is 0.286. The molecule has 4 heteroatoms. The standard InChI is InChI=1S/C14H17N3S/c1-3-9-18-10-8-15-14-11(2)16-12-6-4-5-7-13(12)17-14/h3-7H,1,8-10H2,2H3,(H,15,17). The molecule has 1 N–H and O–H groups in total. The van der Waals surface area contributed by atoms with Crippen molar-refractivity contribution in [2.24, 2.45) is 0 Å². The zero-order valence-electron chi connectivity index (χ0n) is 10.5. The summed E-state index contributed by atoms with van der Waals surface area (Å²) in [7, 11) is 0. The monoisotopic (exact) mass is 259 g/mol. The first-order valence-corrected chi connectivity index (χ1v) is 7.12. The molecule has 0 radical (unpaired) electrons. The van der Waals surface area contributed by atoms with Crippen molar-refractivity contribution in [3.8, 4) is 0 Å². The molecule has 0 saturated carbocycles. The van der Waals surface area contributed by atoms with Crippen LogP contribution in [0.15, 0.2) is 36.9 Å². The largest absolute Gasteiger partial charge is 0.368 e. The van der Waals surface area contributed by atoms with Gasteiger partial charge in [-0.3, -0.25) is 0 Å². The van der Waals surface area contributed by atoms with Crippen molar-refractivity contribution in [2.45, 2.75) is 6.92 Å². The fourth-order valence-electron chi connectivity index (χ4n) is 1.66. The second-order valence-corrected chi connectivity index (χ2v) is 5.09. The molecule has 2 rings (SSSR count). The predicted octanol–water partition coefficient (Wildman–Crippen LogP) is 3.27. The van der Waals surface area contributed by atoms with Crippen LogP contribution in [-0.2, 0) is 0 Å². The first kappa shape index (κ1) is 12.9. The third-order valence-electron chi connectivity index (χ3n) is 2.52. The number of hydrogen-bond acceptors (Lipinski definition) is 4. The van der Waals surface area contributed by atoms with Crippen LogP contribution in [0.2, 0.25) is 0 Å². The Morgan fingerprint density at radius 1 is 1.28 bits per heavy atom. The Kier molecular flexibility index (Phi) is 4.59. The molecule has 18 heavy (non-hydrogen) atoms. The van der Waals surface area contributed by atoms with Gasteiger partial charge in [-0.05, 0) is 19.1 Å². The summed E-state index contributed by atoms with van der Waals surface area (Å²) in [6, 6.07) is 7.93.